The SMILES string of the molecule is CCCCC1=C2CCC(O[Si](C(C)C)(C(C)C)C(C)C)C2C/C1=N\[Si](CC)(CC)CC. The van der Waals surface area contributed by atoms with E-state index in [2.05, 4.69) is 69.2 Å². The zero-order valence-corrected chi connectivity index (χ0v) is 24.6. The smallest absolute Gasteiger partial charge is 0.200 e. The number of nitrogens with zero attached hydrogens (tertiary/aromatic N) is 1. The van der Waals surface area contributed by atoms with Crippen LogP contribution in [-0.2, 0) is 4.43 Å². The van der Waals surface area contributed by atoms with Gasteiger partial charge in [-0.15, -0.1) is 0 Å². The quantitative estimate of drug-likeness (QED) is 0.264. The first-order chi connectivity index (χ1) is 14.6. The maximum absolute atomic E-state index is 7.37. The zero-order chi connectivity index (χ0) is 23.4. The molecule has 2 nitrogen and oxygen atoms in total. The van der Waals surface area contributed by atoms with Crippen molar-refractivity contribution in [3.05, 3.63) is 11.1 Å². The van der Waals surface area contributed by atoms with Crippen LogP contribution in [0, 0.1) is 5.92 Å². The van der Waals surface area contributed by atoms with Crippen LogP contribution in [0.2, 0.25) is 34.8 Å². The molecule has 0 aromatic rings. The van der Waals surface area contributed by atoms with E-state index in [4.69, 9.17) is 9.08 Å². The van der Waals surface area contributed by atoms with E-state index >= 15 is 0 Å². The Morgan fingerprint density at radius 1 is 0.903 bits per heavy atom. The van der Waals surface area contributed by atoms with E-state index < -0.39 is 16.6 Å². The third-order valence-corrected chi connectivity index (χ3v) is 19.8. The molecule has 0 saturated heterocycles. The van der Waals surface area contributed by atoms with Crippen molar-refractivity contribution >= 4 is 22.3 Å². The van der Waals surface area contributed by atoms with Crippen LogP contribution < -0.4 is 0 Å². The number of hydrogen-bond donors (Lipinski definition) is 0. The Bertz CT molecular complexity index is 616. The molecule has 0 bridgehead atoms. The van der Waals surface area contributed by atoms with Crippen LogP contribution in [0.4, 0.5) is 0 Å². The number of unbranched alkanes of at least 4 members (excludes halogenated alkanes) is 1. The van der Waals surface area contributed by atoms with Gasteiger partial charge in [-0.2, -0.15) is 0 Å². The fraction of sp³-hybridized carbons (Fsp3) is 0.889. The van der Waals surface area contributed by atoms with Crippen LogP contribution in [0.5, 0.6) is 0 Å². The van der Waals surface area contributed by atoms with E-state index in [1.165, 1.54) is 62.4 Å². The summed E-state index contributed by atoms with van der Waals surface area (Å²) in [4.78, 5) is 0. The van der Waals surface area contributed by atoms with Gasteiger partial charge in [-0.3, -0.25) is 0 Å². The van der Waals surface area contributed by atoms with Gasteiger partial charge in [0.1, 0.15) is 0 Å². The van der Waals surface area contributed by atoms with Crippen molar-refractivity contribution in [1.82, 2.24) is 0 Å². The molecule has 31 heavy (non-hydrogen) atoms. The zero-order valence-electron chi connectivity index (χ0n) is 22.6. The Morgan fingerprint density at radius 2 is 1.45 bits per heavy atom. The second-order valence-electron chi connectivity index (χ2n) is 11.3. The average molecular weight is 464 g/mol. The van der Waals surface area contributed by atoms with Gasteiger partial charge in [0.2, 0.25) is 8.32 Å². The maximum atomic E-state index is 7.37. The van der Waals surface area contributed by atoms with E-state index in [0.29, 0.717) is 28.6 Å². The molecule has 0 N–H and O–H groups in total. The summed E-state index contributed by atoms with van der Waals surface area (Å²) >= 11 is 0. The van der Waals surface area contributed by atoms with Crippen LogP contribution in [0.15, 0.2) is 15.8 Å². The lowest BCUT2D eigenvalue weighted by atomic mass is 10.0. The summed E-state index contributed by atoms with van der Waals surface area (Å²) in [5.41, 5.74) is 6.93. The molecule has 0 aliphatic heterocycles. The summed E-state index contributed by atoms with van der Waals surface area (Å²) in [6.07, 6.45) is 7.92. The molecular formula is C27H53NOSi2. The Hall–Kier alpha value is -0.196. The molecule has 0 radical (unpaired) electrons. The first-order valence-corrected chi connectivity index (χ1v) is 18.3. The molecule has 0 spiro atoms. The number of allylic oxidation sites excluding steroid dienone is 1. The third-order valence-electron chi connectivity index (χ3n) is 8.93. The van der Waals surface area contributed by atoms with Crippen molar-refractivity contribution in [2.75, 3.05) is 0 Å². The highest BCUT2D eigenvalue weighted by Gasteiger charge is 2.50. The molecule has 2 rings (SSSR count). The fourth-order valence-electron chi connectivity index (χ4n) is 6.91. The fourth-order valence-corrected chi connectivity index (χ4v) is 15.3. The predicted molar refractivity (Wildman–Crippen MR) is 144 cm³/mol. The minimum Gasteiger partial charge on any atom is -0.413 e. The Morgan fingerprint density at radius 3 is 1.90 bits per heavy atom. The summed E-state index contributed by atoms with van der Waals surface area (Å²) in [6, 6.07) is 3.86. The highest BCUT2D eigenvalue weighted by atomic mass is 28.4. The summed E-state index contributed by atoms with van der Waals surface area (Å²) < 4.78 is 13.0. The van der Waals surface area contributed by atoms with Crippen LogP contribution in [0.1, 0.15) is 108 Å². The molecule has 2 unspecified atom stereocenters. The Labute approximate surface area is 197 Å². The predicted octanol–water partition coefficient (Wildman–Crippen LogP) is 9.29. The van der Waals surface area contributed by atoms with Crippen molar-refractivity contribution in [3.8, 4) is 0 Å². The molecule has 2 aliphatic carbocycles. The standard InChI is InChI=1S/C27H53NOSi2/c1-11-15-16-24-23-17-18-27(29-31(20(5)6,21(7)8)22(9)10)25(23)19-26(24)28-30(12-2,13-3)14-4/h20-22,25,27H,11-19H2,1-10H3/b28-26+. The van der Waals surface area contributed by atoms with E-state index in [9.17, 15) is 0 Å². The molecule has 1 saturated carbocycles. The lowest BCUT2D eigenvalue weighted by molar-refractivity contribution is 0.146. The van der Waals surface area contributed by atoms with E-state index in [1.54, 1.807) is 11.1 Å². The summed E-state index contributed by atoms with van der Waals surface area (Å²) in [7, 11) is -3.36. The molecule has 2 aliphatic rings. The molecule has 0 heterocycles. The molecule has 0 aromatic heterocycles. The van der Waals surface area contributed by atoms with Crippen molar-refractivity contribution in [3.63, 3.8) is 0 Å². The van der Waals surface area contributed by atoms with Gasteiger partial charge in [-0.1, -0.05) is 81.2 Å². The average Bonchev–Trinajstić information content (AvgIpc) is 3.26. The molecule has 0 aromatic carbocycles. The van der Waals surface area contributed by atoms with Gasteiger partial charge in [-0.05, 0) is 72.4 Å². The summed E-state index contributed by atoms with van der Waals surface area (Å²) in [6.45, 7) is 24.0. The van der Waals surface area contributed by atoms with Crippen LogP contribution >= 0.6 is 0 Å². The van der Waals surface area contributed by atoms with Gasteiger partial charge in [0, 0.05) is 11.6 Å². The lowest BCUT2D eigenvalue weighted by Gasteiger charge is -2.45. The molecule has 180 valence electrons. The van der Waals surface area contributed by atoms with Gasteiger partial charge in [0.05, 0.1) is 6.10 Å². The Kier molecular flexibility index (Phi) is 9.85. The van der Waals surface area contributed by atoms with Crippen molar-refractivity contribution in [2.24, 2.45) is 10.6 Å². The van der Waals surface area contributed by atoms with Crippen LogP contribution in [0.25, 0.3) is 0 Å². The second kappa shape index (κ2) is 11.3. The number of hydrogen-bond acceptors (Lipinski definition) is 2. The van der Waals surface area contributed by atoms with E-state index in [0.717, 1.165) is 0 Å². The number of fused-ring (bicyclic) bond motifs is 1. The first kappa shape index (κ1) is 27.1. The molecular weight excluding hydrogens is 410 g/mol. The molecule has 4 heteroatoms. The van der Waals surface area contributed by atoms with Gasteiger partial charge >= 0.3 is 0 Å². The second-order valence-corrected chi connectivity index (χ2v) is 21.5. The molecule has 1 fully saturated rings. The highest BCUT2D eigenvalue weighted by molar-refractivity contribution is 6.79. The molecule has 0 amide bonds. The van der Waals surface area contributed by atoms with E-state index in [-0.39, 0.29) is 0 Å². The first-order valence-electron chi connectivity index (χ1n) is 13.6. The third kappa shape index (κ3) is 5.32. The minimum atomic E-state index is -1.84. The normalized spacial score (nSPS) is 23.8. The number of rotatable bonds is 12. The summed E-state index contributed by atoms with van der Waals surface area (Å²) in [5, 5.41) is 0. The van der Waals surface area contributed by atoms with Gasteiger partial charge in [-0.25, -0.2) is 0 Å². The minimum absolute atomic E-state index is 0.430. The highest BCUT2D eigenvalue weighted by Crippen LogP contribution is 2.50. The molecule has 2 atom stereocenters. The van der Waals surface area contributed by atoms with Gasteiger partial charge in [0.25, 0.3) is 0 Å². The van der Waals surface area contributed by atoms with Crippen molar-refractivity contribution in [2.45, 2.75) is 149 Å². The van der Waals surface area contributed by atoms with Crippen molar-refractivity contribution < 1.29 is 4.43 Å². The largest absolute Gasteiger partial charge is 0.413 e. The van der Waals surface area contributed by atoms with Crippen LogP contribution in [0.3, 0.4) is 0 Å². The lowest BCUT2D eigenvalue weighted by Crippen LogP contribution is -2.50. The maximum Gasteiger partial charge on any atom is 0.200 e. The van der Waals surface area contributed by atoms with E-state index in [1.807, 2.05) is 0 Å². The topological polar surface area (TPSA) is 21.6 Å². The monoisotopic (exact) mass is 463 g/mol. The summed E-state index contributed by atoms with van der Waals surface area (Å²) in [5.74, 6) is 0.617. The van der Waals surface area contributed by atoms with Crippen LogP contribution in [-0.4, -0.2) is 28.4 Å². The van der Waals surface area contributed by atoms with Gasteiger partial charge in [0.15, 0.2) is 8.24 Å². The van der Waals surface area contributed by atoms with Gasteiger partial charge < -0.3 is 9.08 Å². The Balaban J connectivity index is 2.41. The van der Waals surface area contributed by atoms with Crippen molar-refractivity contribution in [1.29, 1.82) is 0 Å².